The quantitative estimate of drug-likeness (QED) is 0.286. The number of nitrogens with one attached hydrogen (secondary N) is 1. The Labute approximate surface area is 187 Å². The van der Waals surface area contributed by atoms with Crippen molar-refractivity contribution in [2.75, 3.05) is 25.6 Å². The summed E-state index contributed by atoms with van der Waals surface area (Å²) in [7, 11) is 1.57. The summed E-state index contributed by atoms with van der Waals surface area (Å²) in [6, 6.07) is 12.6. The number of amides is 1. The molecule has 0 saturated carbocycles. The Kier molecular flexibility index (Phi) is 7.40. The molecule has 0 saturated heterocycles. The van der Waals surface area contributed by atoms with Crippen molar-refractivity contribution in [3.8, 4) is 22.6 Å². The van der Waals surface area contributed by atoms with Crippen LogP contribution in [0.1, 0.15) is 17.3 Å². The molecule has 0 atom stereocenters. The molecule has 0 spiro atoms. The molecule has 0 unspecified atom stereocenters. The fraction of sp³-hybridized carbons (Fsp3) is 0.182. The average molecular weight is 456 g/mol. The van der Waals surface area contributed by atoms with E-state index in [0.29, 0.717) is 22.1 Å². The Bertz CT molecular complexity index is 1110. The number of hydrogen-bond donors (Lipinski definition) is 1. The van der Waals surface area contributed by atoms with E-state index in [9.17, 15) is 19.7 Å². The molecule has 32 heavy (non-hydrogen) atoms. The Morgan fingerprint density at radius 1 is 1.06 bits per heavy atom. The molecule has 10 heteroatoms. The second kappa shape index (κ2) is 10.4. The zero-order chi connectivity index (χ0) is 23.1. The summed E-state index contributed by atoms with van der Waals surface area (Å²) in [6.07, 6.45) is 0. The van der Waals surface area contributed by atoms with Crippen LogP contribution in [0.15, 0.2) is 53.9 Å². The fourth-order valence-corrected chi connectivity index (χ4v) is 3.79. The van der Waals surface area contributed by atoms with Crippen LogP contribution in [0, 0.1) is 10.1 Å². The maximum atomic E-state index is 12.6. The third-order valence-electron chi connectivity index (χ3n) is 4.34. The number of nitro groups is 1. The number of non-ortho nitro benzene ring substituents is 1. The van der Waals surface area contributed by atoms with E-state index in [1.54, 1.807) is 31.5 Å². The summed E-state index contributed by atoms with van der Waals surface area (Å²) >= 11 is 1.20. The topological polar surface area (TPSA) is 117 Å². The van der Waals surface area contributed by atoms with Crippen molar-refractivity contribution in [3.05, 3.63) is 69.6 Å². The summed E-state index contributed by atoms with van der Waals surface area (Å²) in [5.41, 5.74) is 1.58. The first-order valence-electron chi connectivity index (χ1n) is 9.53. The van der Waals surface area contributed by atoms with Crippen molar-refractivity contribution in [3.63, 3.8) is 0 Å². The third kappa shape index (κ3) is 5.41. The van der Waals surface area contributed by atoms with Gasteiger partial charge in [-0.15, -0.1) is 11.3 Å². The van der Waals surface area contributed by atoms with Gasteiger partial charge in [-0.3, -0.25) is 14.9 Å². The van der Waals surface area contributed by atoms with Gasteiger partial charge in [-0.25, -0.2) is 4.79 Å². The van der Waals surface area contributed by atoms with E-state index in [4.69, 9.17) is 14.2 Å². The first-order chi connectivity index (χ1) is 15.4. The van der Waals surface area contributed by atoms with Crippen LogP contribution in [0.4, 0.5) is 10.7 Å². The Hall–Kier alpha value is -3.92. The monoisotopic (exact) mass is 456 g/mol. The highest BCUT2D eigenvalue weighted by Crippen LogP contribution is 2.36. The number of benzene rings is 2. The van der Waals surface area contributed by atoms with Crippen LogP contribution in [0.5, 0.6) is 11.5 Å². The van der Waals surface area contributed by atoms with Gasteiger partial charge in [-0.05, 0) is 36.8 Å². The second-order valence-electron chi connectivity index (χ2n) is 6.39. The van der Waals surface area contributed by atoms with Crippen LogP contribution in [-0.4, -0.2) is 37.1 Å². The first kappa shape index (κ1) is 22.8. The van der Waals surface area contributed by atoms with Crippen molar-refractivity contribution < 1.29 is 28.7 Å². The number of hydrogen-bond acceptors (Lipinski definition) is 8. The number of nitrogens with zero attached hydrogens (tertiary/aromatic N) is 1. The molecule has 0 aliphatic rings. The van der Waals surface area contributed by atoms with E-state index >= 15 is 0 Å². The highest BCUT2D eigenvalue weighted by molar-refractivity contribution is 7.15. The number of thiophene rings is 1. The molecule has 166 valence electrons. The normalized spacial score (nSPS) is 10.3. The number of ether oxygens (including phenoxy) is 3. The molecule has 1 aromatic heterocycles. The minimum atomic E-state index is -0.550. The van der Waals surface area contributed by atoms with Crippen LogP contribution in [0.2, 0.25) is 0 Å². The maximum absolute atomic E-state index is 12.6. The van der Waals surface area contributed by atoms with Gasteiger partial charge in [0.05, 0.1) is 18.6 Å². The van der Waals surface area contributed by atoms with Crippen LogP contribution < -0.4 is 14.8 Å². The molecule has 1 heterocycles. The van der Waals surface area contributed by atoms with Gasteiger partial charge in [0.2, 0.25) is 0 Å². The molecule has 1 amide bonds. The molecule has 2 aromatic carbocycles. The highest BCUT2D eigenvalue weighted by atomic mass is 32.1. The summed E-state index contributed by atoms with van der Waals surface area (Å²) in [5.74, 6) is -0.0526. The lowest BCUT2D eigenvalue weighted by Crippen LogP contribution is -2.21. The largest absolute Gasteiger partial charge is 0.497 e. The number of nitro benzene ring substituents is 1. The van der Waals surface area contributed by atoms with Gasteiger partial charge in [-0.2, -0.15) is 0 Å². The number of anilines is 1. The van der Waals surface area contributed by atoms with Gasteiger partial charge in [0.25, 0.3) is 11.6 Å². The highest BCUT2D eigenvalue weighted by Gasteiger charge is 2.23. The predicted octanol–water partition coefficient (Wildman–Crippen LogP) is 4.53. The van der Waals surface area contributed by atoms with Crippen molar-refractivity contribution in [2.24, 2.45) is 0 Å². The van der Waals surface area contributed by atoms with Gasteiger partial charge >= 0.3 is 5.97 Å². The molecule has 3 rings (SSSR count). The summed E-state index contributed by atoms with van der Waals surface area (Å²) in [6.45, 7) is 1.55. The zero-order valence-electron chi connectivity index (χ0n) is 17.3. The molecule has 0 aliphatic heterocycles. The second-order valence-corrected chi connectivity index (χ2v) is 7.27. The van der Waals surface area contributed by atoms with Crippen molar-refractivity contribution in [1.82, 2.24) is 0 Å². The molecule has 3 aromatic rings. The molecule has 9 nitrogen and oxygen atoms in total. The van der Waals surface area contributed by atoms with Gasteiger partial charge in [0, 0.05) is 23.1 Å². The maximum Gasteiger partial charge on any atom is 0.341 e. The predicted molar refractivity (Wildman–Crippen MR) is 119 cm³/mol. The average Bonchev–Trinajstić information content (AvgIpc) is 3.21. The van der Waals surface area contributed by atoms with E-state index < -0.39 is 16.8 Å². The van der Waals surface area contributed by atoms with Crippen LogP contribution in [-0.2, 0) is 9.53 Å². The lowest BCUT2D eigenvalue weighted by atomic mass is 10.0. The van der Waals surface area contributed by atoms with E-state index in [-0.39, 0.29) is 24.5 Å². The Morgan fingerprint density at radius 2 is 1.72 bits per heavy atom. The van der Waals surface area contributed by atoms with Crippen LogP contribution >= 0.6 is 11.3 Å². The number of carbonyl (C=O) groups is 2. The van der Waals surface area contributed by atoms with Gasteiger partial charge in [0.15, 0.2) is 6.61 Å². The standard InChI is InChI=1S/C22H20N2O7S/c1-3-30-22(26)20-18(14-4-8-16(29-2)9-5-14)13-32-21(20)23-19(25)12-31-17-10-6-15(7-11-17)24(27)28/h4-11,13H,3,12H2,1-2H3,(H,23,25). The van der Waals surface area contributed by atoms with E-state index in [0.717, 1.165) is 5.56 Å². The fourth-order valence-electron chi connectivity index (χ4n) is 2.81. The Morgan fingerprint density at radius 3 is 2.31 bits per heavy atom. The van der Waals surface area contributed by atoms with Crippen molar-refractivity contribution in [1.29, 1.82) is 0 Å². The zero-order valence-corrected chi connectivity index (χ0v) is 18.1. The molecule has 0 aliphatic carbocycles. The van der Waals surface area contributed by atoms with Gasteiger partial charge < -0.3 is 19.5 Å². The van der Waals surface area contributed by atoms with E-state index in [2.05, 4.69) is 5.32 Å². The number of carbonyl (C=O) groups excluding carboxylic acids is 2. The molecule has 0 bridgehead atoms. The SMILES string of the molecule is CCOC(=O)c1c(-c2ccc(OC)cc2)csc1NC(=O)COc1ccc([N+](=O)[O-])cc1. The summed E-state index contributed by atoms with van der Waals surface area (Å²) in [5, 5.41) is 15.5. The van der Waals surface area contributed by atoms with Gasteiger partial charge in [0.1, 0.15) is 22.1 Å². The Balaban J connectivity index is 1.75. The summed E-state index contributed by atoms with van der Waals surface area (Å²) in [4.78, 5) is 35.2. The lowest BCUT2D eigenvalue weighted by molar-refractivity contribution is -0.384. The van der Waals surface area contributed by atoms with Crippen molar-refractivity contribution in [2.45, 2.75) is 6.92 Å². The van der Waals surface area contributed by atoms with E-state index in [1.165, 1.54) is 35.6 Å². The number of rotatable bonds is 9. The van der Waals surface area contributed by atoms with Crippen LogP contribution in [0.3, 0.4) is 0 Å². The van der Waals surface area contributed by atoms with E-state index in [1.807, 2.05) is 12.1 Å². The molecular formula is C22H20N2O7S. The molecule has 1 N–H and O–H groups in total. The number of methoxy groups -OCH3 is 1. The van der Waals surface area contributed by atoms with Gasteiger partial charge in [-0.1, -0.05) is 12.1 Å². The molecular weight excluding hydrogens is 436 g/mol. The minimum Gasteiger partial charge on any atom is -0.497 e. The third-order valence-corrected chi connectivity index (χ3v) is 5.24. The van der Waals surface area contributed by atoms with Crippen LogP contribution in [0.25, 0.3) is 11.1 Å². The van der Waals surface area contributed by atoms with Crippen molar-refractivity contribution >= 4 is 33.9 Å². The lowest BCUT2D eigenvalue weighted by Gasteiger charge is -2.10. The minimum absolute atomic E-state index is 0.0782. The first-order valence-corrected chi connectivity index (χ1v) is 10.4. The number of esters is 1. The molecule has 0 radical (unpaired) electrons. The smallest absolute Gasteiger partial charge is 0.341 e. The summed E-state index contributed by atoms with van der Waals surface area (Å²) < 4.78 is 15.7. The molecule has 0 fully saturated rings.